The first-order valence-corrected chi connectivity index (χ1v) is 9.30. The quantitative estimate of drug-likeness (QED) is 0.680. The van der Waals surface area contributed by atoms with Crippen LogP contribution in [0.2, 0.25) is 0 Å². The molecule has 0 fully saturated rings. The molecule has 1 N–H and O–H groups in total. The Labute approximate surface area is 169 Å². The first-order valence-electron chi connectivity index (χ1n) is 9.30. The Kier molecular flexibility index (Phi) is 5.59. The first-order chi connectivity index (χ1) is 13.7. The molecule has 7 heteroatoms. The molecule has 1 heterocycles. The number of anilines is 1. The van der Waals surface area contributed by atoms with Crippen LogP contribution >= 0.6 is 0 Å². The third kappa shape index (κ3) is 4.39. The zero-order valence-electron chi connectivity index (χ0n) is 17.2. The van der Waals surface area contributed by atoms with Crippen molar-refractivity contribution >= 4 is 22.8 Å². The number of benzene rings is 2. The molecule has 3 rings (SSSR count). The van der Waals surface area contributed by atoms with Gasteiger partial charge in [-0.25, -0.2) is 14.8 Å². The number of amides is 1. The molecule has 29 heavy (non-hydrogen) atoms. The molecule has 1 aromatic heterocycles. The summed E-state index contributed by atoms with van der Waals surface area (Å²) in [6.07, 6.45) is 0.840. The summed E-state index contributed by atoms with van der Waals surface area (Å²) in [7, 11) is 1.47. The summed E-state index contributed by atoms with van der Waals surface area (Å²) < 4.78 is 10.8. The number of carbonyl (C=O) groups excluding carboxylic acids is 1. The normalized spacial score (nSPS) is 12.4. The second kappa shape index (κ2) is 7.95. The highest BCUT2D eigenvalue weighted by Gasteiger charge is 2.31. The average molecular weight is 395 g/mol. The standard InChI is InChI=1S/C22H25N3O4/c1-14(15-9-7-6-8-10-15)25(21(27)29-22(2,3)4)20-16-11-18(26)19(28-5)12-17(16)23-13-24-20/h6-14,26H,1-5H3/t14-/m1/s1. The van der Waals surface area contributed by atoms with Crippen molar-refractivity contribution in [1.82, 2.24) is 9.97 Å². The molecule has 0 aliphatic rings. The van der Waals surface area contributed by atoms with Gasteiger partial charge >= 0.3 is 6.09 Å². The third-order valence-corrected chi connectivity index (χ3v) is 4.40. The molecule has 0 radical (unpaired) electrons. The number of aromatic nitrogens is 2. The first kappa shape index (κ1) is 20.4. The Hall–Kier alpha value is -3.35. The van der Waals surface area contributed by atoms with Crippen LogP contribution in [0.4, 0.5) is 10.6 Å². The number of nitrogens with zero attached hydrogens (tertiary/aromatic N) is 3. The molecule has 0 aliphatic heterocycles. The lowest BCUT2D eigenvalue weighted by Crippen LogP contribution is -2.39. The zero-order valence-corrected chi connectivity index (χ0v) is 17.2. The number of fused-ring (bicyclic) bond motifs is 1. The minimum atomic E-state index is -0.681. The van der Waals surface area contributed by atoms with Crippen molar-refractivity contribution < 1.29 is 19.4 Å². The van der Waals surface area contributed by atoms with Gasteiger partial charge in [-0.15, -0.1) is 0 Å². The van der Waals surface area contributed by atoms with Crippen LogP contribution in [-0.2, 0) is 4.74 Å². The maximum Gasteiger partial charge on any atom is 0.416 e. The molecule has 1 amide bonds. The van der Waals surface area contributed by atoms with Crippen molar-refractivity contribution in [2.45, 2.75) is 39.3 Å². The van der Waals surface area contributed by atoms with Crippen molar-refractivity contribution in [2.24, 2.45) is 0 Å². The number of carbonyl (C=O) groups is 1. The molecular formula is C22H25N3O4. The predicted molar refractivity (Wildman–Crippen MR) is 111 cm³/mol. The fraction of sp³-hybridized carbons (Fsp3) is 0.318. The van der Waals surface area contributed by atoms with Gasteiger partial charge in [0.15, 0.2) is 11.5 Å². The third-order valence-electron chi connectivity index (χ3n) is 4.40. The lowest BCUT2D eigenvalue weighted by molar-refractivity contribution is 0.0566. The van der Waals surface area contributed by atoms with Crippen LogP contribution in [0.3, 0.4) is 0 Å². The maximum absolute atomic E-state index is 13.2. The van der Waals surface area contributed by atoms with Crippen molar-refractivity contribution in [2.75, 3.05) is 12.0 Å². The van der Waals surface area contributed by atoms with E-state index < -0.39 is 11.7 Å². The van der Waals surface area contributed by atoms with Crippen LogP contribution in [0.5, 0.6) is 11.5 Å². The van der Waals surface area contributed by atoms with Gasteiger partial charge in [0.05, 0.1) is 18.7 Å². The highest BCUT2D eigenvalue weighted by Crippen LogP contribution is 2.37. The number of phenols is 1. The van der Waals surface area contributed by atoms with Gasteiger partial charge in [-0.2, -0.15) is 0 Å². The highest BCUT2D eigenvalue weighted by atomic mass is 16.6. The van der Waals surface area contributed by atoms with Gasteiger partial charge in [0, 0.05) is 11.5 Å². The van der Waals surface area contributed by atoms with Crippen molar-refractivity contribution in [3.05, 3.63) is 54.4 Å². The van der Waals surface area contributed by atoms with Gasteiger partial charge in [-0.05, 0) is 39.3 Å². The van der Waals surface area contributed by atoms with E-state index >= 15 is 0 Å². The van der Waals surface area contributed by atoms with Gasteiger partial charge < -0.3 is 14.6 Å². The summed E-state index contributed by atoms with van der Waals surface area (Å²) in [5.74, 6) is 0.577. The van der Waals surface area contributed by atoms with Crippen LogP contribution in [-0.4, -0.2) is 33.9 Å². The predicted octanol–water partition coefficient (Wildman–Crippen LogP) is 4.85. The Morgan fingerprint density at radius 1 is 1.14 bits per heavy atom. The maximum atomic E-state index is 13.2. The number of hydrogen-bond donors (Lipinski definition) is 1. The minimum absolute atomic E-state index is 0.0625. The Morgan fingerprint density at radius 3 is 2.45 bits per heavy atom. The fourth-order valence-corrected chi connectivity index (χ4v) is 3.03. The highest BCUT2D eigenvalue weighted by molar-refractivity contribution is 5.99. The summed E-state index contributed by atoms with van der Waals surface area (Å²) in [6.45, 7) is 7.33. The largest absolute Gasteiger partial charge is 0.504 e. The molecule has 0 spiro atoms. The van der Waals surface area contributed by atoms with E-state index in [2.05, 4.69) is 9.97 Å². The fourth-order valence-electron chi connectivity index (χ4n) is 3.03. The summed E-state index contributed by atoms with van der Waals surface area (Å²) in [4.78, 5) is 23.3. The molecule has 1 atom stereocenters. The second-order valence-corrected chi connectivity index (χ2v) is 7.68. The van der Waals surface area contributed by atoms with Gasteiger partial charge in [0.1, 0.15) is 17.7 Å². The number of methoxy groups -OCH3 is 1. The SMILES string of the molecule is COc1cc2ncnc(N(C(=O)OC(C)(C)C)[C@H](C)c3ccccc3)c2cc1O. The van der Waals surface area contributed by atoms with Crippen LogP contribution < -0.4 is 9.64 Å². The van der Waals surface area contributed by atoms with Crippen molar-refractivity contribution in [3.63, 3.8) is 0 Å². The molecule has 152 valence electrons. The van der Waals surface area contributed by atoms with E-state index in [0.29, 0.717) is 22.5 Å². The molecule has 0 saturated heterocycles. The van der Waals surface area contributed by atoms with Gasteiger partial charge in [-0.3, -0.25) is 4.90 Å². The van der Waals surface area contributed by atoms with Gasteiger partial charge in [-0.1, -0.05) is 30.3 Å². The van der Waals surface area contributed by atoms with Crippen LogP contribution in [0.1, 0.15) is 39.3 Å². The van der Waals surface area contributed by atoms with E-state index in [1.165, 1.54) is 24.4 Å². The van der Waals surface area contributed by atoms with E-state index in [1.807, 2.05) is 58.0 Å². The van der Waals surface area contributed by atoms with Crippen molar-refractivity contribution in [3.8, 4) is 11.5 Å². The number of ether oxygens (including phenoxy) is 2. The number of aromatic hydroxyl groups is 1. The number of hydrogen-bond acceptors (Lipinski definition) is 6. The Morgan fingerprint density at radius 2 is 1.83 bits per heavy atom. The Balaban J connectivity index is 2.18. The van der Waals surface area contributed by atoms with Crippen LogP contribution in [0.15, 0.2) is 48.8 Å². The second-order valence-electron chi connectivity index (χ2n) is 7.68. The lowest BCUT2D eigenvalue weighted by Gasteiger charge is -2.31. The average Bonchev–Trinajstić information content (AvgIpc) is 2.67. The van der Waals surface area contributed by atoms with E-state index in [0.717, 1.165) is 5.56 Å². The molecule has 0 saturated carbocycles. The molecule has 0 unspecified atom stereocenters. The van der Waals surface area contributed by atoms with Gasteiger partial charge in [0.25, 0.3) is 0 Å². The van der Waals surface area contributed by atoms with Gasteiger partial charge in [0.2, 0.25) is 0 Å². The summed E-state index contributed by atoms with van der Waals surface area (Å²) in [6, 6.07) is 12.3. The molecule has 7 nitrogen and oxygen atoms in total. The lowest BCUT2D eigenvalue weighted by atomic mass is 10.1. The smallest absolute Gasteiger partial charge is 0.416 e. The molecule has 0 aliphatic carbocycles. The zero-order chi connectivity index (χ0) is 21.2. The van der Waals surface area contributed by atoms with Crippen molar-refractivity contribution in [1.29, 1.82) is 0 Å². The Bertz CT molecular complexity index is 1020. The minimum Gasteiger partial charge on any atom is -0.504 e. The van der Waals surface area contributed by atoms with Crippen LogP contribution in [0, 0.1) is 0 Å². The number of rotatable bonds is 4. The van der Waals surface area contributed by atoms with Crippen LogP contribution in [0.25, 0.3) is 10.9 Å². The number of phenolic OH excluding ortho intramolecular Hbond substituents is 1. The van der Waals surface area contributed by atoms with E-state index in [1.54, 1.807) is 6.07 Å². The van der Waals surface area contributed by atoms with E-state index in [4.69, 9.17) is 9.47 Å². The monoisotopic (exact) mass is 395 g/mol. The molecular weight excluding hydrogens is 370 g/mol. The van der Waals surface area contributed by atoms with E-state index in [9.17, 15) is 9.90 Å². The molecule has 3 aromatic rings. The topological polar surface area (TPSA) is 84.8 Å². The summed E-state index contributed by atoms with van der Waals surface area (Å²) >= 11 is 0. The summed E-state index contributed by atoms with van der Waals surface area (Å²) in [5.41, 5.74) is 0.779. The van der Waals surface area contributed by atoms with E-state index in [-0.39, 0.29) is 11.8 Å². The molecule has 0 bridgehead atoms. The molecule has 2 aromatic carbocycles. The summed E-state index contributed by atoms with van der Waals surface area (Å²) in [5, 5.41) is 10.8.